The Kier molecular flexibility index (Phi) is 5.25. The van der Waals surface area contributed by atoms with Gasteiger partial charge in [0.25, 0.3) is 5.88 Å². The van der Waals surface area contributed by atoms with Gasteiger partial charge in [0.15, 0.2) is 5.75 Å². The minimum atomic E-state index is -0.180. The lowest BCUT2D eigenvalue weighted by atomic mass is 9.97. The Hall–Kier alpha value is -2.60. The number of pyridine rings is 1. The largest absolute Gasteiger partial charge is 0.484 e. The standard InChI is InChI=1S/C21H25N3O3/c22-20(25)17-3-2-10-24(13-17)12-16-7-5-15(6-8-16)11-18-14-26-19-4-1-9-23-21(19)27-18/h1,4-9,17-18H,2-3,10-14H2,(H2,22,25). The van der Waals surface area contributed by atoms with Crippen LogP contribution in [0.1, 0.15) is 24.0 Å². The highest BCUT2D eigenvalue weighted by molar-refractivity contribution is 5.76. The second-order valence-electron chi connectivity index (χ2n) is 7.35. The van der Waals surface area contributed by atoms with E-state index in [2.05, 4.69) is 34.1 Å². The van der Waals surface area contributed by atoms with Gasteiger partial charge in [-0.1, -0.05) is 24.3 Å². The third-order valence-electron chi connectivity index (χ3n) is 5.24. The molecule has 0 bridgehead atoms. The molecule has 0 radical (unpaired) electrons. The fourth-order valence-electron chi connectivity index (χ4n) is 3.78. The number of carbonyl (C=O) groups excluding carboxylic acids is 1. The van der Waals surface area contributed by atoms with Crippen molar-refractivity contribution in [2.75, 3.05) is 19.7 Å². The number of ether oxygens (including phenoxy) is 2. The van der Waals surface area contributed by atoms with Crippen LogP contribution in [0.2, 0.25) is 0 Å². The molecule has 0 saturated carbocycles. The summed E-state index contributed by atoms with van der Waals surface area (Å²) in [5, 5.41) is 0. The minimum absolute atomic E-state index is 0.0158. The molecule has 2 aliphatic heterocycles. The van der Waals surface area contributed by atoms with Gasteiger partial charge in [0.2, 0.25) is 5.91 Å². The maximum Gasteiger partial charge on any atom is 0.257 e. The second kappa shape index (κ2) is 7.96. The Morgan fingerprint density at radius 2 is 2.04 bits per heavy atom. The first-order valence-corrected chi connectivity index (χ1v) is 9.51. The Morgan fingerprint density at radius 3 is 2.85 bits per heavy atom. The van der Waals surface area contributed by atoms with E-state index in [0.29, 0.717) is 18.2 Å². The molecule has 2 N–H and O–H groups in total. The van der Waals surface area contributed by atoms with Crippen LogP contribution < -0.4 is 15.2 Å². The number of fused-ring (bicyclic) bond motifs is 1. The highest BCUT2D eigenvalue weighted by Gasteiger charge is 2.24. The molecule has 27 heavy (non-hydrogen) atoms. The van der Waals surface area contributed by atoms with E-state index in [9.17, 15) is 4.79 Å². The van der Waals surface area contributed by atoms with Crippen LogP contribution in [0.4, 0.5) is 0 Å². The van der Waals surface area contributed by atoms with Crippen molar-refractivity contribution in [3.8, 4) is 11.6 Å². The van der Waals surface area contributed by atoms with Crippen molar-refractivity contribution in [3.05, 3.63) is 53.7 Å². The lowest BCUT2D eigenvalue weighted by molar-refractivity contribution is -0.123. The quantitative estimate of drug-likeness (QED) is 0.876. The van der Waals surface area contributed by atoms with Crippen molar-refractivity contribution in [2.24, 2.45) is 11.7 Å². The number of primary amides is 1. The molecule has 1 aromatic heterocycles. The van der Waals surface area contributed by atoms with Crippen LogP contribution in [0, 0.1) is 5.92 Å². The highest BCUT2D eigenvalue weighted by atomic mass is 16.6. The first-order chi connectivity index (χ1) is 13.2. The van der Waals surface area contributed by atoms with Crippen LogP contribution >= 0.6 is 0 Å². The zero-order valence-electron chi connectivity index (χ0n) is 15.3. The molecule has 0 spiro atoms. The van der Waals surface area contributed by atoms with Gasteiger partial charge in [-0.3, -0.25) is 9.69 Å². The van der Waals surface area contributed by atoms with Crippen molar-refractivity contribution in [2.45, 2.75) is 31.9 Å². The number of nitrogens with two attached hydrogens (primary N) is 1. The Balaban J connectivity index is 1.32. The zero-order chi connectivity index (χ0) is 18.6. The van der Waals surface area contributed by atoms with Crippen molar-refractivity contribution in [1.29, 1.82) is 0 Å². The molecule has 2 atom stereocenters. The Labute approximate surface area is 159 Å². The van der Waals surface area contributed by atoms with Crippen LogP contribution in [-0.2, 0) is 17.8 Å². The van der Waals surface area contributed by atoms with Crippen LogP contribution in [0.25, 0.3) is 0 Å². The Morgan fingerprint density at radius 1 is 1.22 bits per heavy atom. The lowest BCUT2D eigenvalue weighted by Gasteiger charge is -2.31. The summed E-state index contributed by atoms with van der Waals surface area (Å²) in [5.41, 5.74) is 7.92. The van der Waals surface area contributed by atoms with Crippen molar-refractivity contribution in [3.63, 3.8) is 0 Å². The first-order valence-electron chi connectivity index (χ1n) is 9.51. The molecule has 0 aliphatic carbocycles. The second-order valence-corrected chi connectivity index (χ2v) is 7.35. The summed E-state index contributed by atoms with van der Waals surface area (Å²) < 4.78 is 11.7. The van der Waals surface area contributed by atoms with E-state index in [1.165, 1.54) is 11.1 Å². The number of hydrogen-bond donors (Lipinski definition) is 1. The summed E-state index contributed by atoms with van der Waals surface area (Å²) in [7, 11) is 0. The normalized spacial score (nSPS) is 22.4. The van der Waals surface area contributed by atoms with Gasteiger partial charge < -0.3 is 15.2 Å². The number of hydrogen-bond acceptors (Lipinski definition) is 5. The molecule has 4 rings (SSSR count). The van der Waals surface area contributed by atoms with Crippen LogP contribution in [-0.4, -0.2) is 41.6 Å². The van der Waals surface area contributed by atoms with E-state index in [4.69, 9.17) is 15.2 Å². The SMILES string of the molecule is NC(=O)C1CCCN(Cc2ccc(CC3COc4cccnc4O3)cc2)C1. The van der Waals surface area contributed by atoms with E-state index < -0.39 is 0 Å². The minimum Gasteiger partial charge on any atom is -0.484 e. The van der Waals surface area contributed by atoms with Gasteiger partial charge in [-0.25, -0.2) is 4.98 Å². The topological polar surface area (TPSA) is 77.7 Å². The third-order valence-corrected chi connectivity index (χ3v) is 5.24. The van der Waals surface area contributed by atoms with Crippen molar-refractivity contribution >= 4 is 5.91 Å². The summed E-state index contributed by atoms with van der Waals surface area (Å²) in [6, 6.07) is 12.3. The summed E-state index contributed by atoms with van der Waals surface area (Å²) in [5.74, 6) is 1.08. The number of likely N-dealkylation sites (tertiary alicyclic amines) is 1. The summed E-state index contributed by atoms with van der Waals surface area (Å²) >= 11 is 0. The van der Waals surface area contributed by atoms with E-state index in [-0.39, 0.29) is 17.9 Å². The number of rotatable bonds is 5. The number of amides is 1. The molecule has 6 nitrogen and oxygen atoms in total. The maximum atomic E-state index is 11.4. The maximum absolute atomic E-state index is 11.4. The lowest BCUT2D eigenvalue weighted by Crippen LogP contribution is -2.40. The Bertz CT molecular complexity index is 794. The smallest absolute Gasteiger partial charge is 0.257 e. The predicted molar refractivity (Wildman–Crippen MR) is 101 cm³/mol. The van der Waals surface area contributed by atoms with Gasteiger partial charge in [-0.05, 0) is 42.6 Å². The number of aromatic nitrogens is 1. The van der Waals surface area contributed by atoms with Crippen LogP contribution in [0.3, 0.4) is 0 Å². The molecule has 142 valence electrons. The first kappa shape index (κ1) is 17.8. The fourth-order valence-corrected chi connectivity index (χ4v) is 3.78. The molecule has 3 heterocycles. The fraction of sp³-hybridized carbons (Fsp3) is 0.429. The summed E-state index contributed by atoms with van der Waals surface area (Å²) in [6.45, 7) is 3.16. The van der Waals surface area contributed by atoms with Gasteiger partial charge in [0.1, 0.15) is 12.7 Å². The molecule has 1 saturated heterocycles. The average molecular weight is 367 g/mol. The van der Waals surface area contributed by atoms with Gasteiger partial charge in [-0.2, -0.15) is 0 Å². The summed E-state index contributed by atoms with van der Waals surface area (Å²) in [6.07, 6.45) is 4.40. The van der Waals surface area contributed by atoms with E-state index >= 15 is 0 Å². The van der Waals surface area contributed by atoms with Crippen LogP contribution in [0.15, 0.2) is 42.6 Å². The van der Waals surface area contributed by atoms with Crippen molar-refractivity contribution < 1.29 is 14.3 Å². The van der Waals surface area contributed by atoms with E-state index in [1.807, 2.05) is 12.1 Å². The van der Waals surface area contributed by atoms with Gasteiger partial charge in [-0.15, -0.1) is 0 Å². The monoisotopic (exact) mass is 367 g/mol. The highest BCUT2D eigenvalue weighted by Crippen LogP contribution is 2.29. The van der Waals surface area contributed by atoms with Crippen molar-refractivity contribution in [1.82, 2.24) is 9.88 Å². The number of carbonyl (C=O) groups is 1. The molecule has 1 fully saturated rings. The molecular formula is C21H25N3O3. The zero-order valence-corrected chi connectivity index (χ0v) is 15.3. The number of nitrogens with zero attached hydrogens (tertiary/aromatic N) is 2. The van der Waals surface area contributed by atoms with E-state index in [0.717, 1.165) is 38.9 Å². The molecule has 2 aromatic rings. The number of benzene rings is 1. The number of piperidine rings is 1. The summed E-state index contributed by atoms with van der Waals surface area (Å²) in [4.78, 5) is 18.0. The average Bonchev–Trinajstić information content (AvgIpc) is 2.70. The third kappa shape index (κ3) is 4.39. The van der Waals surface area contributed by atoms with Gasteiger partial charge in [0, 0.05) is 25.7 Å². The molecular weight excluding hydrogens is 342 g/mol. The van der Waals surface area contributed by atoms with Crippen LogP contribution in [0.5, 0.6) is 11.6 Å². The molecule has 1 amide bonds. The molecule has 1 aromatic carbocycles. The molecule has 2 unspecified atom stereocenters. The molecule has 6 heteroatoms. The molecule has 2 aliphatic rings. The van der Waals surface area contributed by atoms with Gasteiger partial charge in [0.05, 0.1) is 5.92 Å². The van der Waals surface area contributed by atoms with Gasteiger partial charge >= 0.3 is 0 Å². The van der Waals surface area contributed by atoms with E-state index in [1.54, 1.807) is 6.20 Å². The predicted octanol–water partition coefficient (Wildman–Crippen LogP) is 2.16.